The Labute approximate surface area is 202 Å². The highest BCUT2D eigenvalue weighted by molar-refractivity contribution is 6.08. The van der Waals surface area contributed by atoms with Crippen LogP contribution in [0.2, 0.25) is 0 Å². The van der Waals surface area contributed by atoms with Gasteiger partial charge in [-0.15, -0.1) is 0 Å². The van der Waals surface area contributed by atoms with Crippen LogP contribution in [0.25, 0.3) is 0 Å². The minimum Gasteiger partial charge on any atom is -0.497 e. The lowest BCUT2D eigenvalue weighted by Crippen LogP contribution is -2.51. The summed E-state index contributed by atoms with van der Waals surface area (Å²) in [6, 6.07) is 7.21. The van der Waals surface area contributed by atoms with Crippen LogP contribution < -0.4 is 10.1 Å². The summed E-state index contributed by atoms with van der Waals surface area (Å²) in [5.74, 6) is -0.314. The van der Waals surface area contributed by atoms with E-state index in [2.05, 4.69) is 16.3 Å². The number of rotatable bonds is 9. The number of methoxy groups -OCH3 is 1. The summed E-state index contributed by atoms with van der Waals surface area (Å²) in [5.41, 5.74) is 1.09. The smallest absolute Gasteiger partial charge is 0.243 e. The van der Waals surface area contributed by atoms with Crippen molar-refractivity contribution in [1.82, 2.24) is 15.1 Å². The number of hydrogen-bond donors (Lipinski definition) is 1. The Balaban J connectivity index is 1.52. The fraction of sp³-hybridized carbons (Fsp3) is 0.593. The molecule has 1 aromatic rings. The lowest BCUT2D eigenvalue weighted by molar-refractivity contribution is -0.148. The van der Waals surface area contributed by atoms with E-state index in [0.717, 1.165) is 37.2 Å². The Hall–Kier alpha value is -2.67. The quantitative estimate of drug-likeness (QED) is 0.445. The van der Waals surface area contributed by atoms with Gasteiger partial charge in [0.1, 0.15) is 11.8 Å². The molecule has 0 bridgehead atoms. The summed E-state index contributed by atoms with van der Waals surface area (Å²) in [6.45, 7) is 6.41. The molecular weight excluding hydrogens is 430 g/mol. The van der Waals surface area contributed by atoms with Crippen molar-refractivity contribution in [2.75, 3.05) is 26.7 Å². The predicted molar refractivity (Wildman–Crippen MR) is 130 cm³/mol. The molecule has 4 unspecified atom stereocenters. The zero-order valence-corrected chi connectivity index (χ0v) is 20.5. The number of carbonyl (C=O) groups is 3. The first-order valence-corrected chi connectivity index (χ1v) is 12.6. The third-order valence-electron chi connectivity index (χ3n) is 7.38. The van der Waals surface area contributed by atoms with Crippen LogP contribution in [0, 0.1) is 17.8 Å². The highest BCUT2D eigenvalue weighted by atomic mass is 16.5. The number of hydrogen-bond acceptors (Lipinski definition) is 5. The van der Waals surface area contributed by atoms with Gasteiger partial charge in [0.15, 0.2) is 0 Å². The summed E-state index contributed by atoms with van der Waals surface area (Å²) in [6.07, 6.45) is 7.84. The maximum absolute atomic E-state index is 13.5. The first-order valence-electron chi connectivity index (χ1n) is 12.6. The van der Waals surface area contributed by atoms with Gasteiger partial charge in [-0.05, 0) is 68.8 Å². The second-order valence-corrected chi connectivity index (χ2v) is 10.1. The second kappa shape index (κ2) is 10.7. The van der Waals surface area contributed by atoms with Crippen LogP contribution in [0.5, 0.6) is 5.75 Å². The number of fused-ring (bicyclic) bond motifs is 1. The highest BCUT2D eigenvalue weighted by Crippen LogP contribution is 2.37. The highest BCUT2D eigenvalue weighted by Gasteiger charge is 2.51. The monoisotopic (exact) mass is 467 g/mol. The van der Waals surface area contributed by atoms with E-state index >= 15 is 0 Å². The van der Waals surface area contributed by atoms with Crippen molar-refractivity contribution in [3.8, 4) is 5.75 Å². The topological polar surface area (TPSA) is 79.0 Å². The molecule has 1 aromatic carbocycles. The van der Waals surface area contributed by atoms with E-state index in [-0.39, 0.29) is 41.5 Å². The van der Waals surface area contributed by atoms with Crippen molar-refractivity contribution in [2.45, 2.75) is 58.0 Å². The molecule has 7 heteroatoms. The van der Waals surface area contributed by atoms with E-state index < -0.39 is 6.04 Å². The molecule has 1 aliphatic carbocycles. The molecule has 0 saturated carbocycles. The van der Waals surface area contributed by atoms with Gasteiger partial charge in [0.25, 0.3) is 0 Å². The fourth-order valence-corrected chi connectivity index (χ4v) is 5.58. The molecule has 7 nitrogen and oxygen atoms in total. The van der Waals surface area contributed by atoms with Gasteiger partial charge in [-0.2, -0.15) is 0 Å². The maximum atomic E-state index is 13.5. The number of imide groups is 1. The zero-order chi connectivity index (χ0) is 24.2. The lowest BCUT2D eigenvalue weighted by atomic mass is 9.85. The molecule has 2 saturated heterocycles. The number of nitrogens with one attached hydrogen (secondary N) is 1. The Morgan fingerprint density at radius 3 is 2.32 bits per heavy atom. The molecule has 2 fully saturated rings. The van der Waals surface area contributed by atoms with Crippen LogP contribution in [0.1, 0.15) is 57.6 Å². The first kappa shape index (κ1) is 24.5. The van der Waals surface area contributed by atoms with Crippen LogP contribution in [0.3, 0.4) is 0 Å². The van der Waals surface area contributed by atoms with Crippen molar-refractivity contribution >= 4 is 17.7 Å². The summed E-state index contributed by atoms with van der Waals surface area (Å²) in [4.78, 5) is 43.6. The number of benzene rings is 1. The molecule has 0 radical (unpaired) electrons. The number of allylic oxidation sites excluding steroid dienone is 2. The average molecular weight is 468 g/mol. The Bertz CT molecular complexity index is 912. The number of amides is 3. The normalized spacial score (nSPS) is 24.4. The van der Waals surface area contributed by atoms with Crippen LogP contribution in [0.4, 0.5) is 0 Å². The molecule has 1 N–H and O–H groups in total. The van der Waals surface area contributed by atoms with Gasteiger partial charge in [0.2, 0.25) is 17.7 Å². The van der Waals surface area contributed by atoms with Crippen LogP contribution >= 0.6 is 0 Å². The van der Waals surface area contributed by atoms with Crippen LogP contribution in [0.15, 0.2) is 36.4 Å². The van der Waals surface area contributed by atoms with Crippen molar-refractivity contribution in [2.24, 2.45) is 17.8 Å². The number of likely N-dealkylation sites (tertiary alicyclic amines) is 2. The molecule has 0 spiro atoms. The number of carbonyl (C=O) groups excluding carboxylic acids is 3. The maximum Gasteiger partial charge on any atom is 0.243 e. The molecule has 0 aromatic heterocycles. The van der Waals surface area contributed by atoms with E-state index in [1.807, 2.05) is 44.2 Å². The Kier molecular flexibility index (Phi) is 7.71. The zero-order valence-electron chi connectivity index (χ0n) is 20.5. The van der Waals surface area contributed by atoms with E-state index in [4.69, 9.17) is 4.74 Å². The van der Waals surface area contributed by atoms with Gasteiger partial charge < -0.3 is 10.1 Å². The third kappa shape index (κ3) is 5.04. The van der Waals surface area contributed by atoms with Crippen LogP contribution in [-0.4, -0.2) is 60.3 Å². The van der Waals surface area contributed by atoms with Crippen LogP contribution in [-0.2, 0) is 14.4 Å². The fourth-order valence-electron chi connectivity index (χ4n) is 5.58. The number of ether oxygens (including phenoxy) is 1. The summed E-state index contributed by atoms with van der Waals surface area (Å²) in [5, 5.41) is 3.12. The molecule has 3 aliphatic rings. The molecule has 4 atom stereocenters. The minimum absolute atomic E-state index is 0.0120. The molecule has 2 aliphatic heterocycles. The molecule has 2 heterocycles. The van der Waals surface area contributed by atoms with Crippen molar-refractivity contribution < 1.29 is 19.1 Å². The number of nitrogens with zero attached hydrogens (tertiary/aromatic N) is 2. The second-order valence-electron chi connectivity index (χ2n) is 10.1. The van der Waals surface area contributed by atoms with Crippen molar-refractivity contribution in [3.05, 3.63) is 42.0 Å². The predicted octanol–water partition coefficient (Wildman–Crippen LogP) is 3.31. The molecule has 4 rings (SSSR count). The van der Waals surface area contributed by atoms with E-state index in [1.165, 1.54) is 4.90 Å². The Morgan fingerprint density at radius 1 is 1.09 bits per heavy atom. The summed E-state index contributed by atoms with van der Waals surface area (Å²) in [7, 11) is 1.65. The molecular formula is C27H37N3O4. The van der Waals surface area contributed by atoms with Crippen molar-refractivity contribution in [3.63, 3.8) is 0 Å². The van der Waals surface area contributed by atoms with E-state index in [1.54, 1.807) is 7.11 Å². The first-order chi connectivity index (χ1) is 16.4. The average Bonchev–Trinajstić information content (AvgIpc) is 3.45. The largest absolute Gasteiger partial charge is 0.497 e. The third-order valence-corrected chi connectivity index (χ3v) is 7.38. The van der Waals surface area contributed by atoms with Gasteiger partial charge in [-0.25, -0.2) is 0 Å². The van der Waals surface area contributed by atoms with Gasteiger partial charge in [-0.3, -0.25) is 24.2 Å². The van der Waals surface area contributed by atoms with E-state index in [0.29, 0.717) is 25.8 Å². The molecule has 3 amide bonds. The lowest BCUT2D eigenvalue weighted by Gasteiger charge is -2.31. The van der Waals surface area contributed by atoms with Gasteiger partial charge >= 0.3 is 0 Å². The summed E-state index contributed by atoms with van der Waals surface area (Å²) >= 11 is 0. The van der Waals surface area contributed by atoms with Gasteiger partial charge in [-0.1, -0.05) is 38.1 Å². The van der Waals surface area contributed by atoms with Crippen molar-refractivity contribution in [1.29, 1.82) is 0 Å². The van der Waals surface area contributed by atoms with E-state index in [9.17, 15) is 14.4 Å². The standard InChI is InChI=1S/C27H37N3O4/c1-18(2)15-23(30-26(32)21-11-4-5-12-22(21)27(30)33)25(31)28-17-24(29-13-6-7-14-29)19-9-8-10-20(16-19)34-3/h4-5,8-10,16,18,21-24H,6-7,11-15,17H2,1-3H3,(H,28,31). The van der Waals surface area contributed by atoms with Gasteiger partial charge in [0, 0.05) is 6.54 Å². The molecule has 34 heavy (non-hydrogen) atoms. The SMILES string of the molecule is COc1cccc(C(CNC(=O)C(CC(C)C)N2C(=O)C3CC=CCC3C2=O)N2CCCC2)c1. The minimum atomic E-state index is -0.768. The summed E-state index contributed by atoms with van der Waals surface area (Å²) < 4.78 is 5.42. The molecule has 184 valence electrons. The van der Waals surface area contributed by atoms with Gasteiger partial charge in [0.05, 0.1) is 25.0 Å². The Morgan fingerprint density at radius 2 is 1.74 bits per heavy atom.